The summed E-state index contributed by atoms with van der Waals surface area (Å²) in [5, 5.41) is 13.0. The van der Waals surface area contributed by atoms with Gasteiger partial charge in [-0.15, -0.1) is 0 Å². The quantitative estimate of drug-likeness (QED) is 0.897. The van der Waals surface area contributed by atoms with E-state index < -0.39 is 0 Å². The van der Waals surface area contributed by atoms with Crippen molar-refractivity contribution in [1.29, 1.82) is 0 Å². The molecular formula is C14H20BrNO2. The fraction of sp³-hybridized carbons (Fsp3) is 0.571. The van der Waals surface area contributed by atoms with Gasteiger partial charge in [0.05, 0.1) is 12.7 Å². The number of aliphatic hydroxyl groups is 1. The van der Waals surface area contributed by atoms with Crippen LogP contribution >= 0.6 is 15.9 Å². The zero-order chi connectivity index (χ0) is 13.1. The number of fused-ring (bicyclic) bond motifs is 1. The van der Waals surface area contributed by atoms with Crippen molar-refractivity contribution >= 4 is 15.9 Å². The first kappa shape index (κ1) is 13.8. The second kappa shape index (κ2) is 6.04. The first-order valence-corrected chi connectivity index (χ1v) is 7.22. The molecule has 100 valence electrons. The standard InChI is InChI=1S/C14H20BrNO2/c1-9(7-10(2)17)16-13-5-6-18-14-4-3-11(15)8-12(13)14/h3-4,8-10,13,16-17H,5-7H2,1-2H3. The molecule has 0 aliphatic carbocycles. The van der Waals surface area contributed by atoms with Gasteiger partial charge in [0.15, 0.2) is 0 Å². The smallest absolute Gasteiger partial charge is 0.124 e. The Kier molecular flexibility index (Phi) is 4.65. The highest BCUT2D eigenvalue weighted by atomic mass is 79.9. The molecular weight excluding hydrogens is 294 g/mol. The molecule has 4 heteroatoms. The molecule has 0 bridgehead atoms. The molecule has 3 nitrogen and oxygen atoms in total. The molecule has 0 fully saturated rings. The third-order valence-electron chi connectivity index (χ3n) is 3.19. The number of benzene rings is 1. The van der Waals surface area contributed by atoms with Crippen LogP contribution in [0.5, 0.6) is 5.75 Å². The molecule has 2 N–H and O–H groups in total. The lowest BCUT2D eigenvalue weighted by atomic mass is 9.99. The average molecular weight is 314 g/mol. The minimum absolute atomic E-state index is 0.269. The van der Waals surface area contributed by atoms with E-state index in [0.717, 1.165) is 29.7 Å². The summed E-state index contributed by atoms with van der Waals surface area (Å²) < 4.78 is 6.73. The Balaban J connectivity index is 2.09. The van der Waals surface area contributed by atoms with Crippen LogP contribution in [0.25, 0.3) is 0 Å². The maximum Gasteiger partial charge on any atom is 0.124 e. The lowest BCUT2D eigenvalue weighted by molar-refractivity contribution is 0.163. The molecule has 1 aromatic rings. The molecule has 0 saturated heterocycles. The summed E-state index contributed by atoms with van der Waals surface area (Å²) in [5.41, 5.74) is 1.20. The zero-order valence-corrected chi connectivity index (χ0v) is 12.4. The van der Waals surface area contributed by atoms with Gasteiger partial charge in [0, 0.05) is 28.5 Å². The van der Waals surface area contributed by atoms with Crippen LogP contribution in [0, 0.1) is 0 Å². The van der Waals surface area contributed by atoms with Gasteiger partial charge in [0.25, 0.3) is 0 Å². The van der Waals surface area contributed by atoms with Crippen molar-refractivity contribution in [2.75, 3.05) is 6.61 Å². The Labute approximate surface area is 117 Å². The second-order valence-corrected chi connectivity index (χ2v) is 5.94. The first-order chi connectivity index (χ1) is 8.56. The van der Waals surface area contributed by atoms with E-state index in [2.05, 4.69) is 34.2 Å². The summed E-state index contributed by atoms with van der Waals surface area (Å²) in [7, 11) is 0. The van der Waals surface area contributed by atoms with Crippen molar-refractivity contribution in [3.63, 3.8) is 0 Å². The monoisotopic (exact) mass is 313 g/mol. The maximum absolute atomic E-state index is 9.42. The average Bonchev–Trinajstić information content (AvgIpc) is 2.28. The van der Waals surface area contributed by atoms with Crippen LogP contribution in [0.2, 0.25) is 0 Å². The molecule has 1 aromatic carbocycles. The van der Waals surface area contributed by atoms with E-state index in [-0.39, 0.29) is 6.10 Å². The Bertz CT molecular complexity index is 409. The molecule has 1 aliphatic heterocycles. The number of halogens is 1. The van der Waals surface area contributed by atoms with Gasteiger partial charge in [-0.1, -0.05) is 15.9 Å². The molecule has 3 unspecified atom stereocenters. The summed E-state index contributed by atoms with van der Waals surface area (Å²) >= 11 is 3.50. The van der Waals surface area contributed by atoms with Gasteiger partial charge in [-0.05, 0) is 38.5 Å². The van der Waals surface area contributed by atoms with E-state index in [1.165, 1.54) is 5.56 Å². The lowest BCUT2D eigenvalue weighted by Crippen LogP contribution is -2.35. The molecule has 0 saturated carbocycles. The number of hydrogen-bond acceptors (Lipinski definition) is 3. The van der Waals surface area contributed by atoms with Gasteiger partial charge in [0.2, 0.25) is 0 Å². The van der Waals surface area contributed by atoms with Gasteiger partial charge in [-0.25, -0.2) is 0 Å². The third kappa shape index (κ3) is 3.46. The first-order valence-electron chi connectivity index (χ1n) is 6.42. The third-order valence-corrected chi connectivity index (χ3v) is 3.68. The molecule has 0 radical (unpaired) electrons. The van der Waals surface area contributed by atoms with Gasteiger partial charge in [-0.2, -0.15) is 0 Å². The number of hydrogen-bond donors (Lipinski definition) is 2. The van der Waals surface area contributed by atoms with E-state index >= 15 is 0 Å². The highest BCUT2D eigenvalue weighted by molar-refractivity contribution is 9.10. The Morgan fingerprint density at radius 1 is 1.50 bits per heavy atom. The molecule has 0 aromatic heterocycles. The van der Waals surface area contributed by atoms with Crippen LogP contribution in [0.15, 0.2) is 22.7 Å². The summed E-state index contributed by atoms with van der Waals surface area (Å²) in [6, 6.07) is 6.72. The SMILES string of the molecule is CC(O)CC(C)NC1CCOc2ccc(Br)cc21. The predicted molar refractivity (Wildman–Crippen MR) is 75.9 cm³/mol. The van der Waals surface area contributed by atoms with Crippen molar-refractivity contribution in [2.45, 2.75) is 44.9 Å². The highest BCUT2D eigenvalue weighted by Crippen LogP contribution is 2.34. The predicted octanol–water partition coefficient (Wildman–Crippen LogP) is 3.02. The summed E-state index contributed by atoms with van der Waals surface area (Å²) in [4.78, 5) is 0. The van der Waals surface area contributed by atoms with Gasteiger partial charge >= 0.3 is 0 Å². The van der Waals surface area contributed by atoms with Crippen molar-refractivity contribution in [3.05, 3.63) is 28.2 Å². The Morgan fingerprint density at radius 3 is 3.00 bits per heavy atom. The van der Waals surface area contributed by atoms with Crippen LogP contribution in [0.4, 0.5) is 0 Å². The fourth-order valence-corrected chi connectivity index (χ4v) is 2.84. The van der Waals surface area contributed by atoms with Crippen molar-refractivity contribution in [2.24, 2.45) is 0 Å². The number of ether oxygens (including phenoxy) is 1. The van der Waals surface area contributed by atoms with Crippen LogP contribution in [0.3, 0.4) is 0 Å². The molecule has 1 aliphatic rings. The second-order valence-electron chi connectivity index (χ2n) is 5.02. The van der Waals surface area contributed by atoms with E-state index in [1.54, 1.807) is 0 Å². The van der Waals surface area contributed by atoms with E-state index in [1.807, 2.05) is 19.1 Å². The van der Waals surface area contributed by atoms with Crippen molar-refractivity contribution in [1.82, 2.24) is 5.32 Å². The van der Waals surface area contributed by atoms with Crippen molar-refractivity contribution in [3.8, 4) is 5.75 Å². The maximum atomic E-state index is 9.42. The van der Waals surface area contributed by atoms with E-state index in [4.69, 9.17) is 4.74 Å². The molecule has 2 rings (SSSR count). The van der Waals surface area contributed by atoms with E-state index in [9.17, 15) is 5.11 Å². The van der Waals surface area contributed by atoms with E-state index in [0.29, 0.717) is 12.1 Å². The van der Waals surface area contributed by atoms with Gasteiger partial charge < -0.3 is 15.2 Å². The molecule has 3 atom stereocenters. The Morgan fingerprint density at radius 2 is 2.28 bits per heavy atom. The van der Waals surface area contributed by atoms with Crippen molar-refractivity contribution < 1.29 is 9.84 Å². The fourth-order valence-electron chi connectivity index (χ4n) is 2.46. The normalized spacial score (nSPS) is 21.9. The van der Waals surface area contributed by atoms with Crippen LogP contribution in [0.1, 0.15) is 38.3 Å². The summed E-state index contributed by atoms with van der Waals surface area (Å²) in [5.74, 6) is 0.964. The minimum atomic E-state index is -0.269. The highest BCUT2D eigenvalue weighted by Gasteiger charge is 2.23. The number of nitrogens with one attached hydrogen (secondary N) is 1. The largest absolute Gasteiger partial charge is 0.493 e. The topological polar surface area (TPSA) is 41.5 Å². The summed E-state index contributed by atoms with van der Waals surface area (Å²) in [6.07, 6.45) is 1.46. The minimum Gasteiger partial charge on any atom is -0.493 e. The molecule has 0 spiro atoms. The number of aliphatic hydroxyl groups excluding tert-OH is 1. The number of rotatable bonds is 4. The van der Waals surface area contributed by atoms with Crippen LogP contribution in [-0.2, 0) is 0 Å². The lowest BCUT2D eigenvalue weighted by Gasteiger charge is -2.30. The molecule has 1 heterocycles. The Hall–Kier alpha value is -0.580. The zero-order valence-electron chi connectivity index (χ0n) is 10.8. The van der Waals surface area contributed by atoms with Crippen LogP contribution in [-0.4, -0.2) is 23.9 Å². The molecule has 18 heavy (non-hydrogen) atoms. The summed E-state index contributed by atoms with van der Waals surface area (Å²) in [6.45, 7) is 4.68. The van der Waals surface area contributed by atoms with Gasteiger partial charge in [0.1, 0.15) is 5.75 Å². The van der Waals surface area contributed by atoms with Gasteiger partial charge in [-0.3, -0.25) is 0 Å². The molecule has 0 amide bonds. The van der Waals surface area contributed by atoms with Crippen LogP contribution < -0.4 is 10.1 Å².